The molecule has 1 unspecified atom stereocenters. The first-order valence-corrected chi connectivity index (χ1v) is 7.15. The van der Waals surface area contributed by atoms with Crippen molar-refractivity contribution in [2.24, 2.45) is 5.73 Å². The maximum atomic E-state index is 6.27. The van der Waals surface area contributed by atoms with E-state index in [1.807, 2.05) is 36.1 Å². The average Bonchev–Trinajstić information content (AvgIpc) is 2.93. The third-order valence-electron chi connectivity index (χ3n) is 3.35. The van der Waals surface area contributed by atoms with Crippen LogP contribution in [0.2, 0.25) is 5.02 Å². The van der Waals surface area contributed by atoms with Crippen molar-refractivity contribution in [3.8, 4) is 11.5 Å². The fraction of sp³-hybridized carbons (Fsp3) is 0.400. The highest BCUT2D eigenvalue weighted by Gasteiger charge is 2.15. The van der Waals surface area contributed by atoms with Crippen LogP contribution in [0.4, 0.5) is 0 Å². The van der Waals surface area contributed by atoms with Crippen molar-refractivity contribution >= 4 is 11.6 Å². The van der Waals surface area contributed by atoms with Crippen LogP contribution in [0.1, 0.15) is 24.1 Å². The summed E-state index contributed by atoms with van der Waals surface area (Å²) in [6.45, 7) is 2.89. The van der Waals surface area contributed by atoms with E-state index < -0.39 is 0 Å². The van der Waals surface area contributed by atoms with Gasteiger partial charge in [-0.25, -0.2) is 0 Å². The molecular formula is C15H20ClN3O2. The lowest BCUT2D eigenvalue weighted by atomic mass is 10.0. The van der Waals surface area contributed by atoms with Crippen molar-refractivity contribution in [2.45, 2.75) is 25.9 Å². The zero-order valence-electron chi connectivity index (χ0n) is 12.5. The number of halogens is 1. The van der Waals surface area contributed by atoms with Gasteiger partial charge in [0.15, 0.2) is 11.5 Å². The van der Waals surface area contributed by atoms with Crippen LogP contribution in [-0.4, -0.2) is 24.0 Å². The molecule has 1 aromatic carbocycles. The van der Waals surface area contributed by atoms with Crippen molar-refractivity contribution in [1.29, 1.82) is 0 Å². The Hall–Kier alpha value is -1.72. The second kappa shape index (κ2) is 6.83. The molecule has 21 heavy (non-hydrogen) atoms. The van der Waals surface area contributed by atoms with E-state index in [4.69, 9.17) is 26.8 Å². The predicted octanol–water partition coefficient (Wildman–Crippen LogP) is 2.82. The molecule has 0 saturated heterocycles. The van der Waals surface area contributed by atoms with E-state index in [0.717, 1.165) is 17.7 Å². The van der Waals surface area contributed by atoms with Gasteiger partial charge in [-0.15, -0.1) is 0 Å². The lowest BCUT2D eigenvalue weighted by molar-refractivity contribution is 0.354. The quantitative estimate of drug-likeness (QED) is 0.891. The van der Waals surface area contributed by atoms with E-state index >= 15 is 0 Å². The van der Waals surface area contributed by atoms with Crippen molar-refractivity contribution in [3.63, 3.8) is 0 Å². The van der Waals surface area contributed by atoms with E-state index in [9.17, 15) is 0 Å². The van der Waals surface area contributed by atoms with Gasteiger partial charge in [0.05, 0.1) is 25.4 Å². The number of nitrogens with zero attached hydrogens (tertiary/aromatic N) is 2. The molecule has 0 aliphatic rings. The molecule has 6 heteroatoms. The number of aryl methyl sites for hydroxylation is 1. The second-order valence-electron chi connectivity index (χ2n) is 4.75. The van der Waals surface area contributed by atoms with Gasteiger partial charge in [-0.2, -0.15) is 5.10 Å². The van der Waals surface area contributed by atoms with Crippen molar-refractivity contribution in [1.82, 2.24) is 9.78 Å². The van der Waals surface area contributed by atoms with Crippen LogP contribution in [-0.2, 0) is 13.0 Å². The van der Waals surface area contributed by atoms with Gasteiger partial charge in [-0.05, 0) is 36.6 Å². The Morgan fingerprint density at radius 1 is 1.33 bits per heavy atom. The highest BCUT2D eigenvalue weighted by atomic mass is 35.5. The molecule has 0 spiro atoms. The highest BCUT2D eigenvalue weighted by Crippen LogP contribution is 2.37. The number of rotatable bonds is 6. The van der Waals surface area contributed by atoms with Gasteiger partial charge in [0, 0.05) is 18.8 Å². The monoisotopic (exact) mass is 309 g/mol. The van der Waals surface area contributed by atoms with Crippen LogP contribution >= 0.6 is 11.6 Å². The first-order valence-electron chi connectivity index (χ1n) is 6.77. The molecule has 0 bridgehead atoms. The zero-order valence-corrected chi connectivity index (χ0v) is 13.2. The first-order chi connectivity index (χ1) is 10.1. The van der Waals surface area contributed by atoms with Gasteiger partial charge in [0.2, 0.25) is 0 Å². The van der Waals surface area contributed by atoms with Gasteiger partial charge < -0.3 is 15.2 Å². The minimum absolute atomic E-state index is 0.184. The molecule has 1 heterocycles. The molecule has 1 atom stereocenters. The summed E-state index contributed by atoms with van der Waals surface area (Å²) in [7, 11) is 3.14. The molecule has 2 rings (SSSR count). The van der Waals surface area contributed by atoms with E-state index in [0.29, 0.717) is 22.9 Å². The summed E-state index contributed by atoms with van der Waals surface area (Å²) in [5.74, 6) is 1.11. The summed E-state index contributed by atoms with van der Waals surface area (Å²) in [6, 6.07) is 3.49. The Balaban J connectivity index is 2.22. The standard InChI is InChI=1S/C15H20ClN3O2/c1-4-19-9-10(8-18-19)5-13(17)11-6-12(16)15(21-3)14(7-11)20-2/h6-9,13H,4-5,17H2,1-3H3. The van der Waals surface area contributed by atoms with Crippen LogP contribution in [0.3, 0.4) is 0 Å². The molecule has 0 aliphatic heterocycles. The van der Waals surface area contributed by atoms with Crippen molar-refractivity contribution in [3.05, 3.63) is 40.7 Å². The van der Waals surface area contributed by atoms with Crippen LogP contribution in [0, 0.1) is 0 Å². The number of hydrogen-bond donors (Lipinski definition) is 1. The molecule has 0 saturated carbocycles. The van der Waals surface area contributed by atoms with Crippen LogP contribution in [0.5, 0.6) is 11.5 Å². The number of hydrogen-bond acceptors (Lipinski definition) is 4. The van der Waals surface area contributed by atoms with Crippen LogP contribution < -0.4 is 15.2 Å². The van der Waals surface area contributed by atoms with Gasteiger partial charge in [-0.3, -0.25) is 4.68 Å². The molecule has 0 aliphatic carbocycles. The summed E-state index contributed by atoms with van der Waals surface area (Å²) in [5.41, 5.74) is 8.27. The number of benzene rings is 1. The minimum atomic E-state index is -0.184. The molecular weight excluding hydrogens is 290 g/mol. The molecule has 1 aromatic heterocycles. The van der Waals surface area contributed by atoms with Gasteiger partial charge in [0.1, 0.15) is 0 Å². The molecule has 5 nitrogen and oxygen atoms in total. The van der Waals surface area contributed by atoms with Crippen LogP contribution in [0.15, 0.2) is 24.5 Å². The molecule has 2 N–H and O–H groups in total. The lowest BCUT2D eigenvalue weighted by Crippen LogP contribution is -2.13. The smallest absolute Gasteiger partial charge is 0.179 e. The zero-order chi connectivity index (χ0) is 15.4. The van der Waals surface area contributed by atoms with Crippen molar-refractivity contribution in [2.75, 3.05) is 14.2 Å². The summed E-state index contributed by atoms with van der Waals surface area (Å²) >= 11 is 6.21. The van der Waals surface area contributed by atoms with Gasteiger partial charge >= 0.3 is 0 Å². The van der Waals surface area contributed by atoms with Crippen molar-refractivity contribution < 1.29 is 9.47 Å². The maximum Gasteiger partial charge on any atom is 0.179 e. The SMILES string of the molecule is CCn1cc(CC(N)c2cc(Cl)c(OC)c(OC)c2)cn1. The van der Waals surface area contributed by atoms with Gasteiger partial charge in [0.25, 0.3) is 0 Å². The van der Waals surface area contributed by atoms with E-state index in [-0.39, 0.29) is 6.04 Å². The molecule has 114 valence electrons. The Kier molecular flexibility index (Phi) is 5.09. The number of nitrogens with two attached hydrogens (primary N) is 1. The highest BCUT2D eigenvalue weighted by molar-refractivity contribution is 6.32. The summed E-state index contributed by atoms with van der Waals surface area (Å²) in [5, 5.41) is 4.74. The maximum absolute atomic E-state index is 6.27. The van der Waals surface area contributed by atoms with E-state index in [2.05, 4.69) is 5.10 Å². The molecule has 2 aromatic rings. The third-order valence-corrected chi connectivity index (χ3v) is 3.63. The lowest BCUT2D eigenvalue weighted by Gasteiger charge is -2.15. The van der Waals surface area contributed by atoms with E-state index in [1.54, 1.807) is 14.2 Å². The molecule has 0 amide bonds. The second-order valence-corrected chi connectivity index (χ2v) is 5.16. The Morgan fingerprint density at radius 2 is 2.10 bits per heavy atom. The topological polar surface area (TPSA) is 62.3 Å². The number of ether oxygens (including phenoxy) is 2. The minimum Gasteiger partial charge on any atom is -0.493 e. The largest absolute Gasteiger partial charge is 0.493 e. The summed E-state index contributed by atoms with van der Waals surface area (Å²) < 4.78 is 12.4. The van der Waals surface area contributed by atoms with E-state index in [1.165, 1.54) is 0 Å². The third kappa shape index (κ3) is 3.49. The Morgan fingerprint density at radius 3 is 2.67 bits per heavy atom. The number of aromatic nitrogens is 2. The predicted molar refractivity (Wildman–Crippen MR) is 83.1 cm³/mol. The fourth-order valence-corrected chi connectivity index (χ4v) is 2.50. The molecule has 0 radical (unpaired) electrons. The molecule has 0 fully saturated rings. The van der Waals surface area contributed by atoms with Crippen LogP contribution in [0.25, 0.3) is 0 Å². The first kappa shape index (κ1) is 15.7. The average molecular weight is 310 g/mol. The normalized spacial score (nSPS) is 12.2. The Labute approximate surface area is 129 Å². The Bertz CT molecular complexity index is 613. The number of methoxy groups -OCH3 is 2. The van der Waals surface area contributed by atoms with Gasteiger partial charge in [-0.1, -0.05) is 11.6 Å². The summed E-state index contributed by atoms with van der Waals surface area (Å²) in [4.78, 5) is 0. The summed E-state index contributed by atoms with van der Waals surface area (Å²) in [6.07, 6.45) is 4.53. The fourth-order valence-electron chi connectivity index (χ4n) is 2.21.